The van der Waals surface area contributed by atoms with E-state index in [0.717, 1.165) is 22.9 Å². The minimum atomic E-state index is -3.74. The van der Waals surface area contributed by atoms with Gasteiger partial charge in [0.15, 0.2) is 0 Å². The van der Waals surface area contributed by atoms with Crippen LogP contribution in [0.4, 0.5) is 0 Å². The van der Waals surface area contributed by atoms with Crippen LogP contribution in [0.3, 0.4) is 0 Å². The van der Waals surface area contributed by atoms with E-state index in [4.69, 9.17) is 0 Å². The van der Waals surface area contributed by atoms with Crippen LogP contribution in [-0.2, 0) is 16.6 Å². The van der Waals surface area contributed by atoms with Gasteiger partial charge in [0.05, 0.1) is 11.4 Å². The van der Waals surface area contributed by atoms with E-state index in [-0.39, 0.29) is 4.90 Å². The second-order valence-corrected chi connectivity index (χ2v) is 7.30. The Morgan fingerprint density at radius 1 is 1.04 bits per heavy atom. The Bertz CT molecular complexity index is 959. The molecule has 0 unspecified atom stereocenters. The van der Waals surface area contributed by atoms with Crippen molar-refractivity contribution in [2.45, 2.75) is 18.4 Å². The van der Waals surface area contributed by atoms with Crippen molar-refractivity contribution in [2.24, 2.45) is 4.40 Å². The summed E-state index contributed by atoms with van der Waals surface area (Å²) in [6, 6.07) is 18.0. The van der Waals surface area contributed by atoms with E-state index < -0.39 is 10.0 Å². The van der Waals surface area contributed by atoms with Crippen molar-refractivity contribution in [3.05, 3.63) is 76.9 Å². The van der Waals surface area contributed by atoms with Crippen molar-refractivity contribution in [3.63, 3.8) is 0 Å². The molecular formula is C16H15N3O2S2. The van der Waals surface area contributed by atoms with Crippen LogP contribution in [0, 0.1) is 6.92 Å². The van der Waals surface area contributed by atoms with Crippen LogP contribution in [0.1, 0.15) is 11.4 Å². The molecule has 0 aliphatic carbocycles. The summed E-state index contributed by atoms with van der Waals surface area (Å²) < 4.78 is 34.8. The van der Waals surface area contributed by atoms with E-state index >= 15 is 0 Å². The van der Waals surface area contributed by atoms with Crippen molar-refractivity contribution < 1.29 is 8.42 Å². The number of hydrogen-bond donors (Lipinski definition) is 0. The van der Waals surface area contributed by atoms with Gasteiger partial charge in [-0.2, -0.15) is 12.8 Å². The predicted molar refractivity (Wildman–Crippen MR) is 89.6 cm³/mol. The van der Waals surface area contributed by atoms with Crippen LogP contribution in [-0.4, -0.2) is 17.4 Å². The number of nitrogens with zero attached hydrogens (tertiary/aromatic N) is 3. The topological polar surface area (TPSA) is 64.3 Å². The fourth-order valence-corrected chi connectivity index (χ4v) is 4.05. The quantitative estimate of drug-likeness (QED) is 0.730. The van der Waals surface area contributed by atoms with E-state index in [9.17, 15) is 8.42 Å². The molecule has 5 nitrogen and oxygen atoms in total. The molecule has 0 amide bonds. The average Bonchev–Trinajstić information content (AvgIpc) is 2.89. The Balaban J connectivity index is 2.04. The van der Waals surface area contributed by atoms with E-state index in [1.165, 1.54) is 12.1 Å². The molecule has 1 heterocycles. The van der Waals surface area contributed by atoms with Crippen molar-refractivity contribution in [1.29, 1.82) is 0 Å². The minimum Gasteiger partial charge on any atom is -0.299 e. The van der Waals surface area contributed by atoms with Gasteiger partial charge in [-0.3, -0.25) is 4.57 Å². The van der Waals surface area contributed by atoms with Crippen LogP contribution in [0.25, 0.3) is 0 Å². The molecule has 0 spiro atoms. The van der Waals surface area contributed by atoms with Crippen molar-refractivity contribution in [3.8, 4) is 0 Å². The molecule has 0 bridgehead atoms. The Hall–Kier alpha value is -2.25. The summed E-state index contributed by atoms with van der Waals surface area (Å²) in [6.45, 7) is 2.37. The largest absolute Gasteiger partial charge is 0.299 e. The fourth-order valence-electron chi connectivity index (χ4n) is 2.11. The zero-order valence-electron chi connectivity index (χ0n) is 12.5. The highest BCUT2D eigenvalue weighted by Gasteiger charge is 2.13. The number of aromatic nitrogens is 2. The van der Waals surface area contributed by atoms with E-state index in [0.29, 0.717) is 11.3 Å². The lowest BCUT2D eigenvalue weighted by Crippen LogP contribution is -2.19. The first kappa shape index (κ1) is 15.6. The molecule has 3 rings (SSSR count). The number of sulfonamides is 1. The Kier molecular flexibility index (Phi) is 4.40. The normalized spacial score (nSPS) is 12.5. The molecule has 0 atom stereocenters. The first-order valence-corrected chi connectivity index (χ1v) is 9.21. The molecule has 7 heteroatoms. The molecule has 0 radical (unpaired) electrons. The first-order valence-electron chi connectivity index (χ1n) is 6.99. The van der Waals surface area contributed by atoms with Crippen LogP contribution < -0.4 is 4.80 Å². The van der Waals surface area contributed by atoms with Gasteiger partial charge in [0.2, 0.25) is 4.80 Å². The number of hydrogen-bond acceptors (Lipinski definition) is 4. The molecular weight excluding hydrogens is 330 g/mol. The summed E-state index contributed by atoms with van der Waals surface area (Å²) in [5, 5.41) is 0. The van der Waals surface area contributed by atoms with Gasteiger partial charge in [0, 0.05) is 11.5 Å². The first-order chi connectivity index (χ1) is 11.1. The van der Waals surface area contributed by atoms with Gasteiger partial charge < -0.3 is 0 Å². The lowest BCUT2D eigenvalue weighted by Gasteiger charge is -2.05. The molecule has 0 aliphatic rings. The van der Waals surface area contributed by atoms with Crippen LogP contribution in [0.15, 0.2) is 70.0 Å². The Morgan fingerprint density at radius 2 is 1.65 bits per heavy atom. The maximum absolute atomic E-state index is 12.4. The summed E-state index contributed by atoms with van der Waals surface area (Å²) in [6.07, 6.45) is 0. The third kappa shape index (κ3) is 3.57. The van der Waals surface area contributed by atoms with Gasteiger partial charge in [-0.15, -0.1) is 4.40 Å². The predicted octanol–water partition coefficient (Wildman–Crippen LogP) is 2.59. The second-order valence-electron chi connectivity index (χ2n) is 4.96. The third-order valence-electron chi connectivity index (χ3n) is 3.30. The average molecular weight is 345 g/mol. The zero-order valence-corrected chi connectivity index (χ0v) is 14.1. The minimum absolute atomic E-state index is 0.178. The molecule has 2 aromatic carbocycles. The molecule has 0 N–H and O–H groups in total. The van der Waals surface area contributed by atoms with Gasteiger partial charge in [-0.1, -0.05) is 48.5 Å². The number of aryl methyl sites for hydroxylation is 1. The maximum Gasteiger partial charge on any atom is 0.285 e. The third-order valence-corrected chi connectivity index (χ3v) is 5.53. The lowest BCUT2D eigenvalue weighted by atomic mass is 10.2. The number of benzene rings is 2. The monoisotopic (exact) mass is 345 g/mol. The summed E-state index contributed by atoms with van der Waals surface area (Å²) in [5.74, 6) is 0.737. The molecule has 0 saturated heterocycles. The smallest absolute Gasteiger partial charge is 0.285 e. The van der Waals surface area contributed by atoms with Crippen LogP contribution >= 0.6 is 11.5 Å². The SMILES string of the molecule is Cc1ns/c(=N/S(=O)(=O)c2ccccc2)n1Cc1ccccc1. The van der Waals surface area contributed by atoms with Crippen LogP contribution in [0.5, 0.6) is 0 Å². The van der Waals surface area contributed by atoms with Gasteiger partial charge in [-0.05, 0) is 24.6 Å². The molecule has 3 aromatic rings. The highest BCUT2D eigenvalue weighted by atomic mass is 32.2. The summed E-state index contributed by atoms with van der Waals surface area (Å²) in [5.41, 5.74) is 1.06. The second kappa shape index (κ2) is 6.47. The zero-order chi connectivity index (χ0) is 16.3. The molecule has 0 aliphatic heterocycles. The fraction of sp³-hybridized carbons (Fsp3) is 0.125. The highest BCUT2D eigenvalue weighted by Crippen LogP contribution is 2.11. The lowest BCUT2D eigenvalue weighted by molar-refractivity contribution is 0.595. The van der Waals surface area contributed by atoms with Gasteiger partial charge in [0.1, 0.15) is 5.82 Å². The van der Waals surface area contributed by atoms with Crippen molar-refractivity contribution >= 4 is 21.6 Å². The van der Waals surface area contributed by atoms with Gasteiger partial charge >= 0.3 is 0 Å². The summed E-state index contributed by atoms with van der Waals surface area (Å²) in [7, 11) is -3.74. The van der Waals surface area contributed by atoms with E-state index in [1.807, 2.05) is 37.3 Å². The summed E-state index contributed by atoms with van der Waals surface area (Å²) in [4.78, 5) is 0.549. The Morgan fingerprint density at radius 3 is 2.30 bits per heavy atom. The summed E-state index contributed by atoms with van der Waals surface area (Å²) >= 11 is 1.08. The maximum atomic E-state index is 12.4. The van der Waals surface area contributed by atoms with Crippen LogP contribution in [0.2, 0.25) is 0 Å². The molecule has 0 saturated carbocycles. The van der Waals surface area contributed by atoms with E-state index in [2.05, 4.69) is 8.77 Å². The highest BCUT2D eigenvalue weighted by molar-refractivity contribution is 7.90. The van der Waals surface area contributed by atoms with Gasteiger partial charge in [0.25, 0.3) is 10.0 Å². The molecule has 0 fully saturated rings. The van der Waals surface area contributed by atoms with E-state index in [1.54, 1.807) is 22.8 Å². The van der Waals surface area contributed by atoms with Crippen molar-refractivity contribution in [2.75, 3.05) is 0 Å². The van der Waals surface area contributed by atoms with Gasteiger partial charge in [-0.25, -0.2) is 0 Å². The standard InChI is InChI=1S/C16H15N3O2S2/c1-13-17-22-16(19(13)12-14-8-4-2-5-9-14)18-23(20,21)15-10-6-3-7-11-15/h2-11H,12H2,1H3/b18-16+. The molecule has 23 heavy (non-hydrogen) atoms. The molecule has 118 valence electrons. The van der Waals surface area contributed by atoms with Crippen molar-refractivity contribution in [1.82, 2.24) is 8.94 Å². The number of rotatable bonds is 4. The molecule has 1 aromatic heterocycles. The Labute approximate surface area is 138 Å².